The molecule has 6 nitrogen and oxygen atoms in total. The van der Waals surface area contributed by atoms with E-state index in [1.54, 1.807) is 16.2 Å². The number of thiophene rings is 1. The van der Waals surface area contributed by atoms with Crippen LogP contribution < -0.4 is 5.32 Å². The van der Waals surface area contributed by atoms with E-state index in [-0.39, 0.29) is 5.91 Å². The molecule has 7 heteroatoms. The lowest BCUT2D eigenvalue weighted by atomic mass is 10.3. The van der Waals surface area contributed by atoms with Crippen LogP contribution >= 0.6 is 11.3 Å². The molecule has 0 atom stereocenters. The van der Waals surface area contributed by atoms with Crippen molar-refractivity contribution in [3.63, 3.8) is 0 Å². The number of hydrogen-bond acceptors (Lipinski definition) is 4. The van der Waals surface area contributed by atoms with Gasteiger partial charge >= 0.3 is 0 Å². The van der Waals surface area contributed by atoms with Gasteiger partial charge in [-0.3, -0.25) is 14.7 Å². The second kappa shape index (κ2) is 8.88. The molecule has 1 aromatic rings. The lowest BCUT2D eigenvalue weighted by molar-refractivity contribution is -0.129. The van der Waals surface area contributed by atoms with E-state index in [4.69, 9.17) is 0 Å². The molecule has 128 valence electrons. The fourth-order valence-corrected chi connectivity index (χ4v) is 3.22. The monoisotopic (exact) mass is 337 g/mol. The van der Waals surface area contributed by atoms with Crippen molar-refractivity contribution in [3.05, 3.63) is 22.4 Å². The molecule has 1 aliphatic heterocycles. The molecule has 23 heavy (non-hydrogen) atoms. The van der Waals surface area contributed by atoms with Crippen LogP contribution in [0.1, 0.15) is 11.3 Å². The largest absolute Gasteiger partial charge is 0.351 e. The van der Waals surface area contributed by atoms with Gasteiger partial charge in [0.1, 0.15) is 0 Å². The molecule has 0 aliphatic carbocycles. The Balaban J connectivity index is 1.73. The first-order chi connectivity index (χ1) is 11.1. The van der Waals surface area contributed by atoms with Gasteiger partial charge in [-0.25, -0.2) is 0 Å². The van der Waals surface area contributed by atoms with Crippen molar-refractivity contribution in [1.82, 2.24) is 20.0 Å². The summed E-state index contributed by atoms with van der Waals surface area (Å²) >= 11 is 1.75. The Morgan fingerprint density at radius 3 is 2.65 bits per heavy atom. The van der Waals surface area contributed by atoms with Crippen LogP contribution in [-0.2, 0) is 11.3 Å². The van der Waals surface area contributed by atoms with Crippen LogP contribution in [0.5, 0.6) is 0 Å². The first-order valence-corrected chi connectivity index (χ1v) is 8.88. The number of rotatable bonds is 5. The normalized spacial score (nSPS) is 16.5. The molecule has 2 heterocycles. The highest BCUT2D eigenvalue weighted by Gasteiger charge is 2.20. The van der Waals surface area contributed by atoms with E-state index in [1.807, 2.05) is 21.1 Å². The fraction of sp³-hybridized carbons (Fsp3) is 0.625. The van der Waals surface area contributed by atoms with Crippen molar-refractivity contribution in [2.24, 2.45) is 4.99 Å². The molecular formula is C16H27N5OS. The summed E-state index contributed by atoms with van der Waals surface area (Å²) in [5.41, 5.74) is 0. The average molecular weight is 337 g/mol. The van der Waals surface area contributed by atoms with Gasteiger partial charge in [-0.15, -0.1) is 11.3 Å². The second-order valence-electron chi connectivity index (χ2n) is 5.85. The quantitative estimate of drug-likeness (QED) is 0.641. The summed E-state index contributed by atoms with van der Waals surface area (Å²) in [6.45, 7) is 5.50. The van der Waals surface area contributed by atoms with Crippen molar-refractivity contribution in [2.75, 3.05) is 53.9 Å². The number of guanidine groups is 1. The number of hydrogen-bond donors (Lipinski definition) is 1. The van der Waals surface area contributed by atoms with Gasteiger partial charge in [0, 0.05) is 65.2 Å². The molecule has 0 unspecified atom stereocenters. The summed E-state index contributed by atoms with van der Waals surface area (Å²) in [5.74, 6) is 1.16. The molecule has 2 rings (SSSR count). The van der Waals surface area contributed by atoms with E-state index in [0.717, 1.165) is 45.2 Å². The van der Waals surface area contributed by atoms with Crippen molar-refractivity contribution >= 4 is 23.2 Å². The second-order valence-corrected chi connectivity index (χ2v) is 6.88. The third-order valence-electron chi connectivity index (χ3n) is 4.03. The first-order valence-electron chi connectivity index (χ1n) is 8.00. The molecule has 1 N–H and O–H groups in total. The third kappa shape index (κ3) is 5.51. The fourth-order valence-electron chi connectivity index (χ4n) is 2.57. The van der Waals surface area contributed by atoms with Gasteiger partial charge in [0.25, 0.3) is 0 Å². The highest BCUT2D eigenvalue weighted by Crippen LogP contribution is 2.08. The molecule has 1 saturated heterocycles. The SMILES string of the molecule is CN=C(NCc1cccs1)N1CCN(CCC(=O)N(C)C)CC1. The van der Waals surface area contributed by atoms with Gasteiger partial charge in [0.2, 0.25) is 5.91 Å². The van der Waals surface area contributed by atoms with E-state index in [1.165, 1.54) is 4.88 Å². The van der Waals surface area contributed by atoms with E-state index < -0.39 is 0 Å². The Kier molecular flexibility index (Phi) is 6.85. The minimum atomic E-state index is 0.195. The molecular weight excluding hydrogens is 310 g/mol. The van der Waals surface area contributed by atoms with E-state index in [2.05, 4.69) is 37.6 Å². The number of amides is 1. The van der Waals surface area contributed by atoms with Gasteiger partial charge in [-0.1, -0.05) is 6.07 Å². The lowest BCUT2D eigenvalue weighted by Crippen LogP contribution is -2.52. The zero-order valence-corrected chi connectivity index (χ0v) is 15.1. The predicted octanol–water partition coefficient (Wildman–Crippen LogP) is 0.919. The standard InChI is InChI=1S/C16H27N5OS/c1-17-16(18-13-14-5-4-12-23-14)21-10-8-20(9-11-21)7-6-15(22)19(2)3/h4-5,12H,6-11,13H2,1-3H3,(H,17,18). The average Bonchev–Trinajstić information content (AvgIpc) is 3.07. The summed E-state index contributed by atoms with van der Waals surface area (Å²) < 4.78 is 0. The Bertz CT molecular complexity index is 507. The van der Waals surface area contributed by atoms with Gasteiger partial charge in [-0.2, -0.15) is 0 Å². The number of aliphatic imine (C=N–C) groups is 1. The highest BCUT2D eigenvalue weighted by atomic mass is 32.1. The van der Waals surface area contributed by atoms with Crippen LogP contribution in [0.15, 0.2) is 22.5 Å². The summed E-state index contributed by atoms with van der Waals surface area (Å²) in [7, 11) is 5.45. The highest BCUT2D eigenvalue weighted by molar-refractivity contribution is 7.09. The van der Waals surface area contributed by atoms with Crippen LogP contribution in [0.2, 0.25) is 0 Å². The number of nitrogens with zero attached hydrogens (tertiary/aromatic N) is 4. The number of piperazine rings is 1. The summed E-state index contributed by atoms with van der Waals surface area (Å²) in [6, 6.07) is 4.20. The molecule has 1 aliphatic rings. The molecule has 0 bridgehead atoms. The van der Waals surface area contributed by atoms with Crippen molar-refractivity contribution < 1.29 is 4.79 Å². The molecule has 0 spiro atoms. The van der Waals surface area contributed by atoms with Crippen LogP contribution in [0.3, 0.4) is 0 Å². The molecule has 0 radical (unpaired) electrons. The first kappa shape index (κ1) is 17.7. The van der Waals surface area contributed by atoms with E-state index in [9.17, 15) is 4.79 Å². The van der Waals surface area contributed by atoms with Crippen LogP contribution in [0, 0.1) is 0 Å². The van der Waals surface area contributed by atoms with Crippen LogP contribution in [-0.4, -0.2) is 80.4 Å². The van der Waals surface area contributed by atoms with Gasteiger partial charge in [0.05, 0.1) is 6.54 Å². The topological polar surface area (TPSA) is 51.2 Å². The summed E-state index contributed by atoms with van der Waals surface area (Å²) in [6.07, 6.45) is 0.596. The molecule has 0 saturated carbocycles. The van der Waals surface area contributed by atoms with Crippen molar-refractivity contribution in [3.8, 4) is 0 Å². The van der Waals surface area contributed by atoms with Gasteiger partial charge in [-0.05, 0) is 11.4 Å². The van der Waals surface area contributed by atoms with E-state index >= 15 is 0 Å². The Hall–Kier alpha value is -1.60. The predicted molar refractivity (Wildman–Crippen MR) is 95.8 cm³/mol. The molecule has 1 fully saturated rings. The minimum absolute atomic E-state index is 0.195. The van der Waals surface area contributed by atoms with Crippen molar-refractivity contribution in [2.45, 2.75) is 13.0 Å². The number of carbonyl (C=O) groups excluding carboxylic acids is 1. The zero-order valence-electron chi connectivity index (χ0n) is 14.3. The third-order valence-corrected chi connectivity index (χ3v) is 4.90. The maximum Gasteiger partial charge on any atom is 0.223 e. The Labute approximate surface area is 142 Å². The van der Waals surface area contributed by atoms with Crippen LogP contribution in [0.25, 0.3) is 0 Å². The van der Waals surface area contributed by atoms with Gasteiger partial charge in [0.15, 0.2) is 5.96 Å². The summed E-state index contributed by atoms with van der Waals surface area (Å²) in [4.78, 5) is 23.7. The summed E-state index contributed by atoms with van der Waals surface area (Å²) in [5, 5.41) is 5.52. The lowest BCUT2D eigenvalue weighted by Gasteiger charge is -2.36. The number of nitrogens with one attached hydrogen (secondary N) is 1. The number of carbonyl (C=O) groups is 1. The minimum Gasteiger partial charge on any atom is -0.351 e. The Morgan fingerprint density at radius 1 is 1.35 bits per heavy atom. The van der Waals surface area contributed by atoms with Crippen molar-refractivity contribution in [1.29, 1.82) is 0 Å². The van der Waals surface area contributed by atoms with E-state index in [0.29, 0.717) is 6.42 Å². The molecule has 1 amide bonds. The maximum atomic E-state index is 11.7. The van der Waals surface area contributed by atoms with Gasteiger partial charge < -0.3 is 15.1 Å². The Morgan fingerprint density at radius 2 is 2.09 bits per heavy atom. The molecule has 1 aromatic heterocycles. The maximum absolute atomic E-state index is 11.7. The van der Waals surface area contributed by atoms with Crippen LogP contribution in [0.4, 0.5) is 0 Å². The zero-order chi connectivity index (χ0) is 16.7. The smallest absolute Gasteiger partial charge is 0.223 e. The molecule has 0 aromatic carbocycles.